The lowest BCUT2D eigenvalue weighted by atomic mass is 10.3. The molecule has 0 aliphatic carbocycles. The number of piperazine rings is 1. The second kappa shape index (κ2) is 5.14. The maximum atomic E-state index is 10.6. The Hall–Kier alpha value is -0.670. The van der Waals surface area contributed by atoms with Crippen molar-refractivity contribution in [2.45, 2.75) is 6.92 Å². The molecule has 0 amide bonds. The van der Waals surface area contributed by atoms with Crippen LogP contribution in [0, 0.1) is 0 Å². The van der Waals surface area contributed by atoms with Gasteiger partial charge in [0.2, 0.25) is 0 Å². The molecule has 1 heterocycles. The van der Waals surface area contributed by atoms with Crippen molar-refractivity contribution in [3.63, 3.8) is 0 Å². The standard InChI is InChI=1S/C10H18N2O/c1-10(13)4-3-5-12-8-6-11(2)7-9-12/h3-4H,5-9H2,1-2H3/b4-3+. The zero-order valence-corrected chi connectivity index (χ0v) is 8.49. The molecule has 1 saturated heterocycles. The van der Waals surface area contributed by atoms with Crippen LogP contribution in [0.15, 0.2) is 12.2 Å². The highest BCUT2D eigenvalue weighted by atomic mass is 16.1. The van der Waals surface area contributed by atoms with Crippen molar-refractivity contribution >= 4 is 5.78 Å². The Kier molecular flexibility index (Phi) is 4.12. The van der Waals surface area contributed by atoms with Crippen molar-refractivity contribution in [3.05, 3.63) is 12.2 Å². The maximum Gasteiger partial charge on any atom is 0.152 e. The van der Waals surface area contributed by atoms with Gasteiger partial charge >= 0.3 is 0 Å². The molecule has 0 unspecified atom stereocenters. The Labute approximate surface area is 80.0 Å². The number of likely N-dealkylation sites (N-methyl/N-ethyl adjacent to an activating group) is 1. The average Bonchev–Trinajstić information content (AvgIpc) is 2.08. The van der Waals surface area contributed by atoms with Gasteiger partial charge in [-0.05, 0) is 20.0 Å². The van der Waals surface area contributed by atoms with Gasteiger partial charge in [-0.2, -0.15) is 0 Å². The fourth-order valence-corrected chi connectivity index (χ4v) is 1.40. The van der Waals surface area contributed by atoms with Crippen LogP contribution in [0.25, 0.3) is 0 Å². The lowest BCUT2D eigenvalue weighted by Crippen LogP contribution is -2.44. The van der Waals surface area contributed by atoms with Crippen LogP contribution in [0.2, 0.25) is 0 Å². The van der Waals surface area contributed by atoms with Crippen molar-refractivity contribution in [1.29, 1.82) is 0 Å². The van der Waals surface area contributed by atoms with E-state index in [1.165, 1.54) is 0 Å². The Balaban J connectivity index is 2.19. The van der Waals surface area contributed by atoms with E-state index in [1.54, 1.807) is 13.0 Å². The molecule has 0 aromatic carbocycles. The van der Waals surface area contributed by atoms with Crippen molar-refractivity contribution in [3.8, 4) is 0 Å². The highest BCUT2D eigenvalue weighted by Crippen LogP contribution is 1.98. The van der Waals surface area contributed by atoms with Crippen LogP contribution in [0.5, 0.6) is 0 Å². The number of hydrogen-bond acceptors (Lipinski definition) is 3. The van der Waals surface area contributed by atoms with E-state index in [0.717, 1.165) is 32.7 Å². The molecule has 3 nitrogen and oxygen atoms in total. The smallest absolute Gasteiger partial charge is 0.152 e. The van der Waals surface area contributed by atoms with Crippen LogP contribution in [-0.2, 0) is 4.79 Å². The van der Waals surface area contributed by atoms with Gasteiger partial charge in [0, 0.05) is 32.7 Å². The van der Waals surface area contributed by atoms with Gasteiger partial charge in [0.1, 0.15) is 0 Å². The molecule has 1 rings (SSSR count). The van der Waals surface area contributed by atoms with Crippen molar-refractivity contribution in [1.82, 2.24) is 9.80 Å². The van der Waals surface area contributed by atoms with Gasteiger partial charge in [0.05, 0.1) is 0 Å². The van der Waals surface area contributed by atoms with Gasteiger partial charge in [-0.15, -0.1) is 0 Å². The molecule has 0 N–H and O–H groups in total. The van der Waals surface area contributed by atoms with Crippen LogP contribution in [-0.4, -0.2) is 55.4 Å². The summed E-state index contributed by atoms with van der Waals surface area (Å²) in [7, 11) is 2.14. The van der Waals surface area contributed by atoms with Gasteiger partial charge in [-0.25, -0.2) is 0 Å². The first-order valence-electron chi connectivity index (χ1n) is 4.76. The normalized spacial score (nSPS) is 21.1. The molecule has 3 heteroatoms. The summed E-state index contributed by atoms with van der Waals surface area (Å²) >= 11 is 0. The first-order chi connectivity index (χ1) is 6.18. The third-order valence-electron chi connectivity index (χ3n) is 2.31. The number of nitrogens with zero attached hydrogens (tertiary/aromatic N) is 2. The van der Waals surface area contributed by atoms with Crippen molar-refractivity contribution in [2.75, 3.05) is 39.8 Å². The highest BCUT2D eigenvalue weighted by Gasteiger charge is 2.11. The molecule has 74 valence electrons. The summed E-state index contributed by atoms with van der Waals surface area (Å²) in [5, 5.41) is 0. The van der Waals surface area contributed by atoms with Crippen molar-refractivity contribution in [2.24, 2.45) is 0 Å². The molecule has 0 atom stereocenters. The van der Waals surface area contributed by atoms with E-state index in [-0.39, 0.29) is 5.78 Å². The van der Waals surface area contributed by atoms with Gasteiger partial charge in [-0.1, -0.05) is 6.08 Å². The number of allylic oxidation sites excluding steroid dienone is 1. The predicted octanol–water partition coefficient (Wildman–Crippen LogP) is 0.379. The third kappa shape index (κ3) is 4.20. The van der Waals surface area contributed by atoms with E-state index in [2.05, 4.69) is 16.8 Å². The van der Waals surface area contributed by atoms with E-state index in [0.29, 0.717) is 0 Å². The minimum Gasteiger partial charge on any atom is -0.304 e. The zero-order valence-electron chi connectivity index (χ0n) is 8.49. The number of carbonyl (C=O) groups excluding carboxylic acids is 1. The van der Waals surface area contributed by atoms with Crippen molar-refractivity contribution < 1.29 is 4.79 Å². The van der Waals surface area contributed by atoms with E-state index in [9.17, 15) is 4.79 Å². The molecule has 1 aliphatic rings. The monoisotopic (exact) mass is 182 g/mol. The molecule has 0 bridgehead atoms. The Morgan fingerprint density at radius 1 is 1.31 bits per heavy atom. The fraction of sp³-hybridized carbons (Fsp3) is 0.700. The Bertz CT molecular complexity index is 193. The summed E-state index contributed by atoms with van der Waals surface area (Å²) in [4.78, 5) is 15.3. The summed E-state index contributed by atoms with van der Waals surface area (Å²) in [6.07, 6.45) is 3.60. The van der Waals surface area contributed by atoms with E-state index >= 15 is 0 Å². The molecule has 0 aromatic heterocycles. The molecule has 0 radical (unpaired) electrons. The van der Waals surface area contributed by atoms with Crippen LogP contribution < -0.4 is 0 Å². The minimum absolute atomic E-state index is 0.133. The van der Waals surface area contributed by atoms with Gasteiger partial charge in [0.15, 0.2) is 5.78 Å². The fourth-order valence-electron chi connectivity index (χ4n) is 1.40. The van der Waals surface area contributed by atoms with Gasteiger partial charge in [-0.3, -0.25) is 9.69 Å². The minimum atomic E-state index is 0.133. The lowest BCUT2D eigenvalue weighted by molar-refractivity contribution is -0.112. The van der Waals surface area contributed by atoms with E-state index < -0.39 is 0 Å². The quantitative estimate of drug-likeness (QED) is 0.589. The lowest BCUT2D eigenvalue weighted by Gasteiger charge is -2.31. The maximum absolute atomic E-state index is 10.6. The molecule has 13 heavy (non-hydrogen) atoms. The van der Waals surface area contributed by atoms with Gasteiger partial charge in [0.25, 0.3) is 0 Å². The summed E-state index contributed by atoms with van der Waals surface area (Å²) in [6, 6.07) is 0. The molecule has 1 fully saturated rings. The van der Waals surface area contributed by atoms with Crippen LogP contribution in [0.4, 0.5) is 0 Å². The predicted molar refractivity (Wildman–Crippen MR) is 53.8 cm³/mol. The third-order valence-corrected chi connectivity index (χ3v) is 2.31. The van der Waals surface area contributed by atoms with Crippen LogP contribution in [0.1, 0.15) is 6.92 Å². The summed E-state index contributed by atoms with van der Waals surface area (Å²) in [5.41, 5.74) is 0. The van der Waals surface area contributed by atoms with Crippen LogP contribution >= 0.6 is 0 Å². The molecule has 0 spiro atoms. The van der Waals surface area contributed by atoms with Crippen LogP contribution in [0.3, 0.4) is 0 Å². The summed E-state index contributed by atoms with van der Waals surface area (Å²) < 4.78 is 0. The number of carbonyl (C=O) groups is 1. The topological polar surface area (TPSA) is 23.6 Å². The number of rotatable bonds is 3. The summed E-state index contributed by atoms with van der Waals surface area (Å²) in [6.45, 7) is 6.98. The second-order valence-corrected chi connectivity index (χ2v) is 3.62. The van der Waals surface area contributed by atoms with E-state index in [4.69, 9.17) is 0 Å². The summed E-state index contributed by atoms with van der Waals surface area (Å²) in [5.74, 6) is 0.133. The Morgan fingerprint density at radius 2 is 1.92 bits per heavy atom. The molecular weight excluding hydrogens is 164 g/mol. The second-order valence-electron chi connectivity index (χ2n) is 3.62. The zero-order chi connectivity index (χ0) is 9.68. The average molecular weight is 182 g/mol. The molecule has 1 aliphatic heterocycles. The largest absolute Gasteiger partial charge is 0.304 e. The number of ketones is 1. The highest BCUT2D eigenvalue weighted by molar-refractivity contribution is 5.87. The number of hydrogen-bond donors (Lipinski definition) is 0. The molecule has 0 saturated carbocycles. The first-order valence-corrected chi connectivity index (χ1v) is 4.76. The molecular formula is C10H18N2O. The SMILES string of the molecule is CC(=O)/C=C/CN1CCN(C)CC1. The molecule has 0 aromatic rings. The van der Waals surface area contributed by atoms with E-state index in [1.807, 2.05) is 6.08 Å². The Morgan fingerprint density at radius 3 is 2.46 bits per heavy atom. The first kappa shape index (κ1) is 10.4. The van der Waals surface area contributed by atoms with Gasteiger partial charge < -0.3 is 4.90 Å².